The summed E-state index contributed by atoms with van der Waals surface area (Å²) in [5, 5.41) is 5.95. The SMILES string of the molecule is CNC(C)(C)C(=O)NCCCCCCSC. The number of hydrogen-bond donors (Lipinski definition) is 2. The molecule has 0 spiro atoms. The van der Waals surface area contributed by atoms with Gasteiger partial charge < -0.3 is 10.6 Å². The van der Waals surface area contributed by atoms with Gasteiger partial charge >= 0.3 is 0 Å². The molecular weight excluding hydrogens is 220 g/mol. The maximum Gasteiger partial charge on any atom is 0.239 e. The molecule has 0 heterocycles. The Labute approximate surface area is 104 Å². The van der Waals surface area contributed by atoms with Crippen LogP contribution in [0, 0.1) is 0 Å². The molecule has 0 aromatic rings. The fourth-order valence-electron chi connectivity index (χ4n) is 1.26. The molecule has 0 aliphatic rings. The molecule has 3 nitrogen and oxygen atoms in total. The molecule has 0 atom stereocenters. The van der Waals surface area contributed by atoms with Crippen molar-refractivity contribution in [1.29, 1.82) is 0 Å². The molecule has 0 aromatic carbocycles. The van der Waals surface area contributed by atoms with Crippen LogP contribution in [-0.4, -0.2) is 37.0 Å². The maximum atomic E-state index is 11.7. The average Bonchev–Trinajstić information content (AvgIpc) is 2.27. The molecular formula is C12H26N2OS. The Bertz CT molecular complexity index is 195. The van der Waals surface area contributed by atoms with Gasteiger partial charge in [0.25, 0.3) is 0 Å². The number of thioether (sulfide) groups is 1. The summed E-state index contributed by atoms with van der Waals surface area (Å²) in [7, 11) is 1.81. The van der Waals surface area contributed by atoms with E-state index >= 15 is 0 Å². The van der Waals surface area contributed by atoms with Gasteiger partial charge in [0.1, 0.15) is 0 Å². The van der Waals surface area contributed by atoms with E-state index in [-0.39, 0.29) is 5.91 Å². The minimum absolute atomic E-state index is 0.0825. The highest BCUT2D eigenvalue weighted by Gasteiger charge is 2.24. The molecule has 0 rings (SSSR count). The lowest BCUT2D eigenvalue weighted by atomic mass is 10.1. The van der Waals surface area contributed by atoms with Crippen molar-refractivity contribution in [2.75, 3.05) is 25.6 Å². The third-order valence-corrected chi connectivity index (χ3v) is 3.45. The van der Waals surface area contributed by atoms with Crippen LogP contribution in [0.5, 0.6) is 0 Å². The van der Waals surface area contributed by atoms with Crippen molar-refractivity contribution in [3.63, 3.8) is 0 Å². The number of carbonyl (C=O) groups is 1. The van der Waals surface area contributed by atoms with Crippen LogP contribution in [0.2, 0.25) is 0 Å². The standard InChI is InChI=1S/C12H26N2OS/c1-12(2,13-3)11(15)14-9-7-5-6-8-10-16-4/h13H,5-10H2,1-4H3,(H,14,15). The highest BCUT2D eigenvalue weighted by atomic mass is 32.2. The molecule has 0 unspecified atom stereocenters. The van der Waals surface area contributed by atoms with E-state index in [4.69, 9.17) is 0 Å². The van der Waals surface area contributed by atoms with Crippen molar-refractivity contribution < 1.29 is 4.79 Å². The number of hydrogen-bond acceptors (Lipinski definition) is 3. The van der Waals surface area contributed by atoms with Gasteiger partial charge in [0.05, 0.1) is 5.54 Å². The average molecular weight is 246 g/mol. The predicted octanol–water partition coefficient (Wildman–Crippen LogP) is 2.02. The first kappa shape index (κ1) is 15.8. The highest BCUT2D eigenvalue weighted by Crippen LogP contribution is 2.04. The molecule has 16 heavy (non-hydrogen) atoms. The zero-order chi connectivity index (χ0) is 12.4. The molecule has 0 fully saturated rings. The highest BCUT2D eigenvalue weighted by molar-refractivity contribution is 7.98. The van der Waals surface area contributed by atoms with Crippen LogP contribution in [-0.2, 0) is 4.79 Å². The Hall–Kier alpha value is -0.220. The Morgan fingerprint density at radius 1 is 1.19 bits per heavy atom. The number of unbranched alkanes of at least 4 members (excludes halogenated alkanes) is 3. The minimum atomic E-state index is -0.459. The fraction of sp³-hybridized carbons (Fsp3) is 0.917. The summed E-state index contributed by atoms with van der Waals surface area (Å²) >= 11 is 1.90. The summed E-state index contributed by atoms with van der Waals surface area (Å²) in [6.45, 7) is 4.57. The fourth-order valence-corrected chi connectivity index (χ4v) is 1.75. The molecule has 96 valence electrons. The second-order valence-electron chi connectivity index (χ2n) is 4.54. The molecule has 1 amide bonds. The molecule has 0 bridgehead atoms. The van der Waals surface area contributed by atoms with Crippen LogP contribution >= 0.6 is 11.8 Å². The van der Waals surface area contributed by atoms with Crippen LogP contribution in [0.3, 0.4) is 0 Å². The summed E-state index contributed by atoms with van der Waals surface area (Å²) in [6, 6.07) is 0. The van der Waals surface area contributed by atoms with Crippen molar-refractivity contribution in [3.8, 4) is 0 Å². The van der Waals surface area contributed by atoms with Gasteiger partial charge in [-0.15, -0.1) is 0 Å². The van der Waals surface area contributed by atoms with Crippen molar-refractivity contribution in [1.82, 2.24) is 10.6 Å². The van der Waals surface area contributed by atoms with Crippen LogP contribution in [0.15, 0.2) is 0 Å². The normalized spacial score (nSPS) is 11.5. The molecule has 0 saturated heterocycles. The van der Waals surface area contributed by atoms with E-state index in [1.165, 1.54) is 25.0 Å². The van der Waals surface area contributed by atoms with Crippen molar-refractivity contribution >= 4 is 17.7 Å². The predicted molar refractivity (Wildman–Crippen MR) is 73.0 cm³/mol. The van der Waals surface area contributed by atoms with Gasteiger partial charge in [0.2, 0.25) is 5.91 Å². The maximum absolute atomic E-state index is 11.7. The van der Waals surface area contributed by atoms with Gasteiger partial charge in [-0.3, -0.25) is 4.79 Å². The van der Waals surface area contributed by atoms with Crippen LogP contribution in [0.1, 0.15) is 39.5 Å². The largest absolute Gasteiger partial charge is 0.355 e. The van der Waals surface area contributed by atoms with Gasteiger partial charge in [-0.2, -0.15) is 11.8 Å². The first-order valence-electron chi connectivity index (χ1n) is 6.00. The minimum Gasteiger partial charge on any atom is -0.355 e. The monoisotopic (exact) mass is 246 g/mol. The number of carbonyl (C=O) groups excluding carboxylic acids is 1. The second kappa shape index (κ2) is 8.88. The molecule has 0 aromatic heterocycles. The Morgan fingerprint density at radius 3 is 2.38 bits per heavy atom. The summed E-state index contributed by atoms with van der Waals surface area (Å²) in [6.07, 6.45) is 6.99. The Balaban J connectivity index is 3.42. The number of rotatable bonds is 9. The molecule has 4 heteroatoms. The van der Waals surface area contributed by atoms with E-state index in [2.05, 4.69) is 16.9 Å². The summed E-state index contributed by atoms with van der Waals surface area (Å²) in [5.74, 6) is 1.33. The van der Waals surface area contributed by atoms with Gasteiger partial charge in [-0.25, -0.2) is 0 Å². The first-order valence-corrected chi connectivity index (χ1v) is 7.40. The summed E-state index contributed by atoms with van der Waals surface area (Å²) < 4.78 is 0. The lowest BCUT2D eigenvalue weighted by Gasteiger charge is -2.22. The Kier molecular flexibility index (Phi) is 8.76. The lowest BCUT2D eigenvalue weighted by Crippen LogP contribution is -2.51. The molecule has 0 saturated carbocycles. The van der Waals surface area contributed by atoms with Crippen molar-refractivity contribution in [3.05, 3.63) is 0 Å². The van der Waals surface area contributed by atoms with Gasteiger partial charge in [-0.05, 0) is 45.7 Å². The lowest BCUT2D eigenvalue weighted by molar-refractivity contribution is -0.126. The van der Waals surface area contributed by atoms with Crippen LogP contribution < -0.4 is 10.6 Å². The topological polar surface area (TPSA) is 41.1 Å². The van der Waals surface area contributed by atoms with E-state index in [0.717, 1.165) is 13.0 Å². The van der Waals surface area contributed by atoms with Gasteiger partial charge in [-0.1, -0.05) is 12.8 Å². The van der Waals surface area contributed by atoms with E-state index in [0.29, 0.717) is 0 Å². The zero-order valence-corrected chi connectivity index (χ0v) is 11.9. The zero-order valence-electron chi connectivity index (χ0n) is 11.1. The summed E-state index contributed by atoms with van der Waals surface area (Å²) in [5.41, 5.74) is -0.459. The van der Waals surface area contributed by atoms with E-state index in [1.807, 2.05) is 32.7 Å². The number of amides is 1. The molecule has 0 aliphatic heterocycles. The molecule has 0 radical (unpaired) electrons. The third-order valence-electron chi connectivity index (χ3n) is 2.75. The van der Waals surface area contributed by atoms with Crippen molar-refractivity contribution in [2.45, 2.75) is 45.1 Å². The van der Waals surface area contributed by atoms with Crippen molar-refractivity contribution in [2.24, 2.45) is 0 Å². The van der Waals surface area contributed by atoms with Crippen LogP contribution in [0.4, 0.5) is 0 Å². The van der Waals surface area contributed by atoms with E-state index < -0.39 is 5.54 Å². The quantitative estimate of drug-likeness (QED) is 0.612. The smallest absolute Gasteiger partial charge is 0.239 e. The molecule has 2 N–H and O–H groups in total. The third kappa shape index (κ3) is 7.12. The van der Waals surface area contributed by atoms with Crippen LogP contribution in [0.25, 0.3) is 0 Å². The van der Waals surface area contributed by atoms with E-state index in [9.17, 15) is 4.79 Å². The summed E-state index contributed by atoms with van der Waals surface area (Å²) in [4.78, 5) is 11.7. The number of likely N-dealkylation sites (N-methyl/N-ethyl adjacent to an activating group) is 1. The van der Waals surface area contributed by atoms with E-state index in [1.54, 1.807) is 0 Å². The molecule has 0 aliphatic carbocycles. The Morgan fingerprint density at radius 2 is 1.81 bits per heavy atom. The van der Waals surface area contributed by atoms with Gasteiger partial charge in [0, 0.05) is 6.54 Å². The first-order chi connectivity index (χ1) is 7.54. The second-order valence-corrected chi connectivity index (χ2v) is 5.52. The van der Waals surface area contributed by atoms with Gasteiger partial charge in [0.15, 0.2) is 0 Å². The number of nitrogens with one attached hydrogen (secondary N) is 2.